The van der Waals surface area contributed by atoms with Crippen LogP contribution in [0.3, 0.4) is 0 Å². The lowest BCUT2D eigenvalue weighted by atomic mass is 10.2. The van der Waals surface area contributed by atoms with Crippen molar-refractivity contribution in [3.8, 4) is 5.75 Å². The number of benzene rings is 1. The molecule has 0 unspecified atom stereocenters. The third-order valence-electron chi connectivity index (χ3n) is 1.59. The lowest BCUT2D eigenvalue weighted by Crippen LogP contribution is -1.91. The molecule has 1 rings (SSSR count). The minimum absolute atomic E-state index is 0.700. The number of rotatable bonds is 3. The summed E-state index contributed by atoms with van der Waals surface area (Å²) in [5, 5.41) is 0. The van der Waals surface area contributed by atoms with Crippen LogP contribution in [0.25, 0.3) is 6.08 Å². The number of hydrogen-bond acceptors (Lipinski definition) is 2. The van der Waals surface area contributed by atoms with Crippen LogP contribution in [0.1, 0.15) is 19.4 Å². The molecule has 13 heavy (non-hydrogen) atoms. The van der Waals surface area contributed by atoms with E-state index in [1.54, 1.807) is 0 Å². The second kappa shape index (κ2) is 4.55. The van der Waals surface area contributed by atoms with E-state index in [1.807, 2.05) is 44.2 Å². The zero-order valence-electron chi connectivity index (χ0n) is 8.08. The standard InChI is InChI=1S/C11H15NO/c1-3-13-11-6-4-10(5-7-11)8-9(2)12/h4-8H,3,12H2,1-2H3/b9-8+. The van der Waals surface area contributed by atoms with Crippen molar-refractivity contribution < 1.29 is 4.74 Å². The van der Waals surface area contributed by atoms with Crippen LogP contribution in [0.2, 0.25) is 0 Å². The fourth-order valence-electron chi connectivity index (χ4n) is 1.09. The van der Waals surface area contributed by atoms with Crippen molar-refractivity contribution in [2.45, 2.75) is 13.8 Å². The van der Waals surface area contributed by atoms with Crippen LogP contribution < -0.4 is 10.5 Å². The fraction of sp³-hybridized carbons (Fsp3) is 0.273. The highest BCUT2D eigenvalue weighted by atomic mass is 16.5. The van der Waals surface area contributed by atoms with E-state index < -0.39 is 0 Å². The molecular weight excluding hydrogens is 162 g/mol. The topological polar surface area (TPSA) is 35.2 Å². The summed E-state index contributed by atoms with van der Waals surface area (Å²) in [7, 11) is 0. The molecule has 2 N–H and O–H groups in total. The van der Waals surface area contributed by atoms with E-state index in [9.17, 15) is 0 Å². The first-order valence-corrected chi connectivity index (χ1v) is 4.39. The van der Waals surface area contributed by atoms with Gasteiger partial charge in [0.05, 0.1) is 6.61 Å². The molecule has 0 bridgehead atoms. The maximum Gasteiger partial charge on any atom is 0.119 e. The highest BCUT2D eigenvalue weighted by Crippen LogP contribution is 2.13. The van der Waals surface area contributed by atoms with Gasteiger partial charge in [0.1, 0.15) is 5.75 Å². The molecule has 0 spiro atoms. The molecule has 0 aliphatic carbocycles. The molecule has 0 aliphatic heterocycles. The predicted octanol–water partition coefficient (Wildman–Crippen LogP) is 2.40. The van der Waals surface area contributed by atoms with Crippen molar-refractivity contribution in [2.24, 2.45) is 5.73 Å². The van der Waals surface area contributed by atoms with E-state index in [-0.39, 0.29) is 0 Å². The molecule has 0 aromatic heterocycles. The van der Waals surface area contributed by atoms with Crippen molar-refractivity contribution in [3.63, 3.8) is 0 Å². The molecule has 2 nitrogen and oxygen atoms in total. The van der Waals surface area contributed by atoms with E-state index in [0.29, 0.717) is 6.61 Å². The van der Waals surface area contributed by atoms with Gasteiger partial charge in [-0.05, 0) is 37.6 Å². The second-order valence-corrected chi connectivity index (χ2v) is 2.89. The summed E-state index contributed by atoms with van der Waals surface area (Å²) in [4.78, 5) is 0. The minimum Gasteiger partial charge on any atom is -0.494 e. The molecule has 0 atom stereocenters. The quantitative estimate of drug-likeness (QED) is 0.769. The van der Waals surface area contributed by atoms with Gasteiger partial charge < -0.3 is 10.5 Å². The molecule has 70 valence electrons. The van der Waals surface area contributed by atoms with Crippen molar-refractivity contribution in [1.82, 2.24) is 0 Å². The van der Waals surface area contributed by atoms with Crippen LogP contribution in [0.5, 0.6) is 5.75 Å². The molecule has 0 saturated heterocycles. The maximum atomic E-state index is 5.55. The Balaban J connectivity index is 2.75. The van der Waals surface area contributed by atoms with Gasteiger partial charge in [-0.3, -0.25) is 0 Å². The van der Waals surface area contributed by atoms with Gasteiger partial charge in [-0.15, -0.1) is 0 Å². The Hall–Kier alpha value is -1.44. The molecule has 0 fully saturated rings. The van der Waals surface area contributed by atoms with E-state index in [4.69, 9.17) is 10.5 Å². The van der Waals surface area contributed by atoms with Gasteiger partial charge in [-0.1, -0.05) is 12.1 Å². The first-order chi connectivity index (χ1) is 6.22. The summed E-state index contributed by atoms with van der Waals surface area (Å²) >= 11 is 0. The minimum atomic E-state index is 0.700. The molecule has 1 aromatic rings. The number of hydrogen-bond donors (Lipinski definition) is 1. The average molecular weight is 177 g/mol. The van der Waals surface area contributed by atoms with Crippen LogP contribution in [-0.2, 0) is 0 Å². The van der Waals surface area contributed by atoms with Crippen molar-refractivity contribution in [3.05, 3.63) is 35.5 Å². The fourth-order valence-corrected chi connectivity index (χ4v) is 1.09. The molecular formula is C11H15NO. The van der Waals surface area contributed by atoms with Gasteiger partial charge in [0.15, 0.2) is 0 Å². The Morgan fingerprint density at radius 1 is 1.38 bits per heavy atom. The van der Waals surface area contributed by atoms with E-state index in [0.717, 1.165) is 17.0 Å². The van der Waals surface area contributed by atoms with Crippen molar-refractivity contribution in [1.29, 1.82) is 0 Å². The summed E-state index contributed by atoms with van der Waals surface area (Å²) in [5.74, 6) is 0.898. The summed E-state index contributed by atoms with van der Waals surface area (Å²) < 4.78 is 5.31. The molecule has 0 heterocycles. The Bertz CT molecular complexity index is 283. The zero-order chi connectivity index (χ0) is 9.68. The summed E-state index contributed by atoms with van der Waals surface area (Å²) in [5.41, 5.74) is 7.46. The van der Waals surface area contributed by atoms with Crippen LogP contribution in [-0.4, -0.2) is 6.61 Å². The molecule has 0 aliphatic rings. The normalized spacial score (nSPS) is 11.4. The largest absolute Gasteiger partial charge is 0.494 e. The SMILES string of the molecule is CCOc1ccc(/C=C(\C)N)cc1. The van der Waals surface area contributed by atoms with Crippen molar-refractivity contribution >= 4 is 6.08 Å². The van der Waals surface area contributed by atoms with Gasteiger partial charge in [0.2, 0.25) is 0 Å². The predicted molar refractivity (Wildman–Crippen MR) is 55.4 cm³/mol. The van der Waals surface area contributed by atoms with E-state index in [1.165, 1.54) is 0 Å². The van der Waals surface area contributed by atoms with Gasteiger partial charge in [-0.2, -0.15) is 0 Å². The first kappa shape index (κ1) is 9.65. The smallest absolute Gasteiger partial charge is 0.119 e. The average Bonchev–Trinajstić information content (AvgIpc) is 2.08. The highest BCUT2D eigenvalue weighted by molar-refractivity contribution is 5.52. The Morgan fingerprint density at radius 3 is 2.46 bits per heavy atom. The molecule has 0 radical (unpaired) electrons. The highest BCUT2D eigenvalue weighted by Gasteiger charge is 1.91. The van der Waals surface area contributed by atoms with Crippen LogP contribution in [0, 0.1) is 0 Å². The van der Waals surface area contributed by atoms with Crippen LogP contribution in [0.4, 0.5) is 0 Å². The van der Waals surface area contributed by atoms with Gasteiger partial charge in [-0.25, -0.2) is 0 Å². The summed E-state index contributed by atoms with van der Waals surface area (Å²) in [6.07, 6.45) is 1.93. The van der Waals surface area contributed by atoms with E-state index >= 15 is 0 Å². The third kappa shape index (κ3) is 3.20. The zero-order valence-corrected chi connectivity index (χ0v) is 8.08. The van der Waals surface area contributed by atoms with Crippen LogP contribution in [0.15, 0.2) is 30.0 Å². The summed E-state index contributed by atoms with van der Waals surface area (Å²) in [6.45, 7) is 4.54. The summed E-state index contributed by atoms with van der Waals surface area (Å²) in [6, 6.07) is 7.86. The lowest BCUT2D eigenvalue weighted by Gasteiger charge is -2.02. The van der Waals surface area contributed by atoms with E-state index in [2.05, 4.69) is 0 Å². The Morgan fingerprint density at radius 2 is 2.00 bits per heavy atom. The van der Waals surface area contributed by atoms with Gasteiger partial charge in [0.25, 0.3) is 0 Å². The van der Waals surface area contributed by atoms with Gasteiger partial charge >= 0.3 is 0 Å². The molecule has 2 heteroatoms. The molecule has 0 saturated carbocycles. The lowest BCUT2D eigenvalue weighted by molar-refractivity contribution is 0.340. The van der Waals surface area contributed by atoms with Gasteiger partial charge in [0, 0.05) is 5.70 Å². The molecule has 1 aromatic carbocycles. The second-order valence-electron chi connectivity index (χ2n) is 2.89. The number of nitrogens with two attached hydrogens (primary N) is 1. The third-order valence-corrected chi connectivity index (χ3v) is 1.59. The van der Waals surface area contributed by atoms with Crippen molar-refractivity contribution in [2.75, 3.05) is 6.61 Å². The monoisotopic (exact) mass is 177 g/mol. The maximum absolute atomic E-state index is 5.55. The first-order valence-electron chi connectivity index (χ1n) is 4.39. The Labute approximate surface area is 79.0 Å². The Kier molecular flexibility index (Phi) is 3.38. The number of allylic oxidation sites excluding steroid dienone is 1. The van der Waals surface area contributed by atoms with Crippen LogP contribution >= 0.6 is 0 Å². The number of ether oxygens (including phenoxy) is 1. The molecule has 0 amide bonds.